The molecule has 0 saturated carbocycles. The van der Waals surface area contributed by atoms with Gasteiger partial charge in [-0.05, 0) is 24.7 Å². The minimum absolute atomic E-state index is 0.317. The van der Waals surface area contributed by atoms with Crippen LogP contribution in [0, 0.1) is 0 Å². The number of hydrogen-bond acceptors (Lipinski definition) is 2. The zero-order valence-electron chi connectivity index (χ0n) is 8.81. The van der Waals surface area contributed by atoms with E-state index in [-0.39, 0.29) is 0 Å². The fourth-order valence-electron chi connectivity index (χ4n) is 1.70. The predicted molar refractivity (Wildman–Crippen MR) is 60.7 cm³/mol. The van der Waals surface area contributed by atoms with Crippen molar-refractivity contribution >= 4 is 0 Å². The van der Waals surface area contributed by atoms with Gasteiger partial charge in [-0.3, -0.25) is 0 Å². The lowest BCUT2D eigenvalue weighted by molar-refractivity contribution is 0.466. The highest BCUT2D eigenvalue weighted by Crippen LogP contribution is 2.17. The summed E-state index contributed by atoms with van der Waals surface area (Å²) < 4.78 is 5.35. The number of benzene rings is 1. The highest BCUT2D eigenvalue weighted by molar-refractivity contribution is 5.20. The van der Waals surface area contributed by atoms with Gasteiger partial charge in [0.15, 0.2) is 0 Å². The van der Waals surface area contributed by atoms with E-state index >= 15 is 0 Å². The Morgan fingerprint density at radius 2 is 1.93 bits per heavy atom. The fraction of sp³-hybridized carbons (Fsp3) is 0.231. The van der Waals surface area contributed by atoms with Crippen LogP contribution in [-0.2, 0) is 6.42 Å². The van der Waals surface area contributed by atoms with Crippen LogP contribution < -0.4 is 5.32 Å². The SMILES string of the molecule is CNC(Cc1ccco1)c1ccccc1. The second-order valence-corrected chi connectivity index (χ2v) is 3.54. The lowest BCUT2D eigenvalue weighted by Gasteiger charge is -2.14. The van der Waals surface area contributed by atoms with Crippen molar-refractivity contribution in [1.82, 2.24) is 5.32 Å². The van der Waals surface area contributed by atoms with Gasteiger partial charge in [-0.25, -0.2) is 0 Å². The molecule has 15 heavy (non-hydrogen) atoms. The first kappa shape index (κ1) is 9.99. The van der Waals surface area contributed by atoms with Crippen LogP contribution in [0.15, 0.2) is 53.1 Å². The summed E-state index contributed by atoms with van der Waals surface area (Å²) in [5.74, 6) is 1.01. The molecule has 1 atom stereocenters. The molecule has 0 bridgehead atoms. The summed E-state index contributed by atoms with van der Waals surface area (Å²) in [7, 11) is 1.97. The number of likely N-dealkylation sites (N-methyl/N-ethyl adjacent to an activating group) is 1. The molecule has 0 aliphatic carbocycles. The molecule has 2 nitrogen and oxygen atoms in total. The maximum Gasteiger partial charge on any atom is 0.105 e. The number of hydrogen-bond donors (Lipinski definition) is 1. The molecule has 78 valence electrons. The van der Waals surface area contributed by atoms with Crippen LogP contribution in [0.2, 0.25) is 0 Å². The van der Waals surface area contributed by atoms with Crippen molar-refractivity contribution in [2.45, 2.75) is 12.5 Å². The topological polar surface area (TPSA) is 25.2 Å². The molecule has 0 saturated heterocycles. The Balaban J connectivity index is 2.12. The minimum atomic E-state index is 0.317. The van der Waals surface area contributed by atoms with E-state index in [0.717, 1.165) is 12.2 Å². The highest BCUT2D eigenvalue weighted by atomic mass is 16.3. The Bertz CT molecular complexity index is 380. The zero-order chi connectivity index (χ0) is 10.5. The summed E-state index contributed by atoms with van der Waals surface area (Å²) in [6.45, 7) is 0. The van der Waals surface area contributed by atoms with Crippen LogP contribution >= 0.6 is 0 Å². The predicted octanol–water partition coefficient (Wildman–Crippen LogP) is 2.78. The molecule has 1 N–H and O–H groups in total. The van der Waals surface area contributed by atoms with Gasteiger partial charge in [-0.1, -0.05) is 30.3 Å². The molecular weight excluding hydrogens is 186 g/mol. The van der Waals surface area contributed by atoms with Gasteiger partial charge in [0.05, 0.1) is 6.26 Å². The average molecular weight is 201 g/mol. The Morgan fingerprint density at radius 1 is 1.13 bits per heavy atom. The number of furan rings is 1. The third-order valence-corrected chi connectivity index (χ3v) is 2.54. The zero-order valence-corrected chi connectivity index (χ0v) is 8.81. The average Bonchev–Trinajstić information content (AvgIpc) is 2.80. The molecule has 2 rings (SSSR count). The first-order valence-corrected chi connectivity index (χ1v) is 5.15. The van der Waals surface area contributed by atoms with Gasteiger partial charge in [0, 0.05) is 12.5 Å². The second kappa shape index (κ2) is 4.80. The Morgan fingerprint density at radius 3 is 2.53 bits per heavy atom. The van der Waals surface area contributed by atoms with Crippen molar-refractivity contribution in [1.29, 1.82) is 0 Å². The summed E-state index contributed by atoms with van der Waals surface area (Å²) in [4.78, 5) is 0. The van der Waals surface area contributed by atoms with E-state index in [4.69, 9.17) is 4.42 Å². The first-order valence-electron chi connectivity index (χ1n) is 5.15. The van der Waals surface area contributed by atoms with Gasteiger partial charge in [-0.2, -0.15) is 0 Å². The number of rotatable bonds is 4. The quantitative estimate of drug-likeness (QED) is 0.822. The van der Waals surface area contributed by atoms with E-state index in [1.807, 2.05) is 25.2 Å². The summed E-state index contributed by atoms with van der Waals surface area (Å²) in [5.41, 5.74) is 1.29. The third kappa shape index (κ3) is 2.48. The lowest BCUT2D eigenvalue weighted by Crippen LogP contribution is -2.18. The van der Waals surface area contributed by atoms with E-state index < -0.39 is 0 Å². The molecular formula is C13H15NO. The van der Waals surface area contributed by atoms with Crippen molar-refractivity contribution in [3.05, 3.63) is 60.1 Å². The smallest absolute Gasteiger partial charge is 0.105 e. The largest absolute Gasteiger partial charge is 0.469 e. The molecule has 0 aliphatic rings. The van der Waals surface area contributed by atoms with E-state index in [2.05, 4.69) is 29.6 Å². The second-order valence-electron chi connectivity index (χ2n) is 3.54. The minimum Gasteiger partial charge on any atom is -0.469 e. The summed E-state index contributed by atoms with van der Waals surface area (Å²) in [5, 5.41) is 3.30. The van der Waals surface area contributed by atoms with Gasteiger partial charge in [-0.15, -0.1) is 0 Å². The summed E-state index contributed by atoms with van der Waals surface area (Å²) in [6, 6.07) is 14.7. The molecule has 1 heterocycles. The Labute approximate surface area is 89.9 Å². The van der Waals surface area contributed by atoms with E-state index in [0.29, 0.717) is 6.04 Å². The molecule has 0 fully saturated rings. The van der Waals surface area contributed by atoms with Crippen LogP contribution in [0.5, 0.6) is 0 Å². The Hall–Kier alpha value is -1.54. The normalized spacial score (nSPS) is 12.6. The van der Waals surface area contributed by atoms with Gasteiger partial charge in [0.25, 0.3) is 0 Å². The standard InChI is InChI=1S/C13H15NO/c1-14-13(10-12-8-5-9-15-12)11-6-3-2-4-7-11/h2-9,13-14H,10H2,1H3. The van der Waals surface area contributed by atoms with Crippen LogP contribution in [0.4, 0.5) is 0 Å². The summed E-state index contributed by atoms with van der Waals surface area (Å²) in [6.07, 6.45) is 2.60. The van der Waals surface area contributed by atoms with Crippen molar-refractivity contribution in [3.63, 3.8) is 0 Å². The third-order valence-electron chi connectivity index (χ3n) is 2.54. The molecule has 2 heteroatoms. The van der Waals surface area contributed by atoms with E-state index in [1.54, 1.807) is 6.26 Å². The maximum atomic E-state index is 5.35. The Kier molecular flexibility index (Phi) is 3.20. The van der Waals surface area contributed by atoms with Crippen molar-refractivity contribution in [2.75, 3.05) is 7.05 Å². The van der Waals surface area contributed by atoms with Crippen molar-refractivity contribution in [2.24, 2.45) is 0 Å². The van der Waals surface area contributed by atoms with Crippen LogP contribution in [0.1, 0.15) is 17.4 Å². The first-order chi connectivity index (χ1) is 7.40. The molecule has 1 aromatic heterocycles. The van der Waals surface area contributed by atoms with E-state index in [9.17, 15) is 0 Å². The lowest BCUT2D eigenvalue weighted by atomic mass is 10.0. The molecule has 1 aromatic carbocycles. The number of nitrogens with one attached hydrogen (secondary N) is 1. The maximum absolute atomic E-state index is 5.35. The van der Waals surface area contributed by atoms with E-state index in [1.165, 1.54) is 5.56 Å². The van der Waals surface area contributed by atoms with Crippen LogP contribution in [-0.4, -0.2) is 7.05 Å². The fourth-order valence-corrected chi connectivity index (χ4v) is 1.70. The molecule has 0 aliphatic heterocycles. The van der Waals surface area contributed by atoms with Crippen LogP contribution in [0.25, 0.3) is 0 Å². The molecule has 0 radical (unpaired) electrons. The molecule has 0 spiro atoms. The van der Waals surface area contributed by atoms with Gasteiger partial charge in [0.2, 0.25) is 0 Å². The highest BCUT2D eigenvalue weighted by Gasteiger charge is 2.10. The van der Waals surface area contributed by atoms with Gasteiger partial charge >= 0.3 is 0 Å². The summed E-state index contributed by atoms with van der Waals surface area (Å²) >= 11 is 0. The molecule has 1 unspecified atom stereocenters. The monoisotopic (exact) mass is 201 g/mol. The van der Waals surface area contributed by atoms with Crippen molar-refractivity contribution < 1.29 is 4.42 Å². The van der Waals surface area contributed by atoms with Gasteiger partial charge in [0.1, 0.15) is 5.76 Å². The van der Waals surface area contributed by atoms with Crippen LogP contribution in [0.3, 0.4) is 0 Å². The van der Waals surface area contributed by atoms with Gasteiger partial charge < -0.3 is 9.73 Å². The van der Waals surface area contributed by atoms with Crippen molar-refractivity contribution in [3.8, 4) is 0 Å². The molecule has 2 aromatic rings. The molecule has 0 amide bonds.